The predicted molar refractivity (Wildman–Crippen MR) is 230 cm³/mol. The molecule has 0 unspecified atom stereocenters. The van der Waals surface area contributed by atoms with E-state index in [0.717, 1.165) is 29.3 Å². The number of amides is 1. The molecule has 2 saturated heterocycles. The average molecular weight is 862 g/mol. The largest absolute Gasteiger partial charge is 0.438 e. The van der Waals surface area contributed by atoms with Gasteiger partial charge in [-0.1, -0.05) is 30.3 Å². The third-order valence-electron chi connectivity index (χ3n) is 13.8. The zero-order valence-electron chi connectivity index (χ0n) is 35.3. The highest BCUT2D eigenvalue weighted by Gasteiger charge is 2.59. The molecule has 16 heteroatoms. The van der Waals surface area contributed by atoms with Gasteiger partial charge in [0.2, 0.25) is 5.95 Å². The third-order valence-corrected chi connectivity index (χ3v) is 14.9. The van der Waals surface area contributed by atoms with Crippen molar-refractivity contribution in [1.82, 2.24) is 29.2 Å². The van der Waals surface area contributed by atoms with Gasteiger partial charge in [0.15, 0.2) is 15.7 Å². The summed E-state index contributed by atoms with van der Waals surface area (Å²) in [6.45, 7) is 9.83. The Morgan fingerprint density at radius 1 is 0.952 bits per heavy atom. The van der Waals surface area contributed by atoms with Gasteiger partial charge < -0.3 is 19.1 Å². The van der Waals surface area contributed by atoms with Crippen LogP contribution >= 0.6 is 0 Å². The van der Waals surface area contributed by atoms with Crippen molar-refractivity contribution < 1.29 is 26.9 Å². The number of halogens is 1. The molecular weight excluding hydrogens is 814 g/mol. The van der Waals surface area contributed by atoms with Gasteiger partial charge in [-0.3, -0.25) is 19.1 Å². The molecule has 3 atom stereocenters. The maximum atomic E-state index is 15.3. The van der Waals surface area contributed by atoms with E-state index in [1.807, 2.05) is 28.5 Å². The topological polar surface area (TPSA) is 166 Å². The van der Waals surface area contributed by atoms with Crippen LogP contribution in [0.3, 0.4) is 0 Å². The van der Waals surface area contributed by atoms with E-state index in [1.54, 1.807) is 53.6 Å². The second kappa shape index (κ2) is 14.6. The van der Waals surface area contributed by atoms with E-state index < -0.39 is 27.2 Å². The predicted octanol–water partition coefficient (Wildman–Crippen LogP) is 6.06. The standard InChI is InChI=1S/C46H48FN7O7S/c1-25-17-34(18-26(2)39(25)47)53-41(55)36-11-14-52(28(4)40(36)48-44(53)51-23-33(24-51)30-7-6-8-35(20-30)62(5,58)59)42(56)38-21-32-19-31(29-12-15-60-16-13-29)9-10-37(32)54(38)46(22-27(46)3)43-49-45(57)61-50-43/h6-10,17-21,27-29,33H,11-16,22-24H2,1-5H3,(H,49,50,57)/t27-,28+,46-/m0/s1. The van der Waals surface area contributed by atoms with Crippen molar-refractivity contribution in [3.63, 3.8) is 0 Å². The first kappa shape index (κ1) is 40.2. The normalized spacial score (nSPS) is 21.9. The van der Waals surface area contributed by atoms with Gasteiger partial charge >= 0.3 is 5.76 Å². The van der Waals surface area contributed by atoms with Crippen LogP contribution in [0.4, 0.5) is 10.3 Å². The lowest BCUT2D eigenvalue weighted by molar-refractivity contribution is 0.0658. The van der Waals surface area contributed by atoms with Crippen LogP contribution in [0.25, 0.3) is 16.6 Å². The number of aryl methyl sites for hydroxylation is 2. The molecule has 3 fully saturated rings. The van der Waals surface area contributed by atoms with Gasteiger partial charge in [0.05, 0.1) is 22.3 Å². The van der Waals surface area contributed by atoms with E-state index in [0.29, 0.717) is 84.2 Å². The van der Waals surface area contributed by atoms with E-state index in [2.05, 4.69) is 35.3 Å². The minimum atomic E-state index is -3.42. The molecule has 322 valence electrons. The number of carbonyl (C=O) groups excluding carboxylic acids is 1. The number of benzene rings is 3. The molecule has 1 amide bonds. The summed E-state index contributed by atoms with van der Waals surface area (Å²) in [5, 5.41) is 5.05. The van der Waals surface area contributed by atoms with Crippen LogP contribution in [0.15, 0.2) is 79.7 Å². The van der Waals surface area contributed by atoms with Gasteiger partial charge in [-0.25, -0.2) is 27.2 Å². The highest BCUT2D eigenvalue weighted by molar-refractivity contribution is 7.90. The van der Waals surface area contributed by atoms with Crippen molar-refractivity contribution in [1.29, 1.82) is 0 Å². The van der Waals surface area contributed by atoms with Crippen LogP contribution in [0.5, 0.6) is 0 Å². The number of hydrogen-bond acceptors (Lipinski definition) is 10. The van der Waals surface area contributed by atoms with Crippen molar-refractivity contribution in [2.45, 2.75) is 81.7 Å². The molecule has 1 saturated carbocycles. The Bertz CT molecular complexity index is 3030. The molecule has 0 bridgehead atoms. The molecule has 1 N–H and O–H groups in total. The fourth-order valence-corrected chi connectivity index (χ4v) is 10.8. The SMILES string of the molecule is Cc1cc(-n2c(N3CC(c4cccc(S(C)(=O)=O)c4)C3)nc3c(c2=O)CCN(C(=O)c2cc4cc(C5CCOCC5)ccc4n2[C@@]2(c4noc(=O)[nH]4)C[C@@H]2C)[C@@H]3C)cc(C)c1F. The van der Waals surface area contributed by atoms with Crippen molar-refractivity contribution in [2.24, 2.45) is 5.92 Å². The number of carbonyl (C=O) groups is 1. The van der Waals surface area contributed by atoms with Crippen molar-refractivity contribution >= 4 is 32.6 Å². The second-order valence-electron chi connectivity index (χ2n) is 17.7. The molecule has 3 aromatic heterocycles. The number of hydrogen-bond donors (Lipinski definition) is 1. The number of fused-ring (bicyclic) bond motifs is 2. The summed E-state index contributed by atoms with van der Waals surface area (Å²) in [7, 11) is -3.42. The van der Waals surface area contributed by atoms with Crippen molar-refractivity contribution in [2.75, 3.05) is 44.0 Å². The van der Waals surface area contributed by atoms with Gasteiger partial charge in [-0.15, -0.1) is 0 Å². The van der Waals surface area contributed by atoms with Crippen LogP contribution in [0.2, 0.25) is 0 Å². The number of anilines is 1. The smallest absolute Gasteiger partial charge is 0.381 e. The number of sulfone groups is 1. The fourth-order valence-electron chi connectivity index (χ4n) is 10.2. The second-order valence-corrected chi connectivity index (χ2v) is 19.7. The van der Waals surface area contributed by atoms with Crippen LogP contribution in [0.1, 0.15) is 101 Å². The first-order chi connectivity index (χ1) is 29.6. The molecular formula is C46H48FN7O7S. The number of ether oxygens (including phenoxy) is 1. The number of rotatable bonds is 8. The molecule has 0 radical (unpaired) electrons. The lowest BCUT2D eigenvalue weighted by Crippen LogP contribution is -2.50. The fraction of sp³-hybridized carbons (Fsp3) is 0.413. The van der Waals surface area contributed by atoms with E-state index in [1.165, 1.54) is 11.8 Å². The Hall–Kier alpha value is -5.87. The number of nitrogens with one attached hydrogen (secondary N) is 1. The molecule has 6 heterocycles. The summed E-state index contributed by atoms with van der Waals surface area (Å²) in [5.41, 5.74) is 4.46. The number of aromatic nitrogens is 5. The molecule has 10 rings (SSSR count). The zero-order chi connectivity index (χ0) is 43.4. The van der Waals surface area contributed by atoms with E-state index in [-0.39, 0.29) is 47.0 Å². The molecule has 0 spiro atoms. The van der Waals surface area contributed by atoms with Crippen LogP contribution in [-0.2, 0) is 26.5 Å². The Kier molecular flexibility index (Phi) is 9.48. The average Bonchev–Trinajstić information content (AvgIpc) is 3.50. The van der Waals surface area contributed by atoms with Crippen LogP contribution in [0, 0.1) is 25.6 Å². The van der Waals surface area contributed by atoms with Crippen LogP contribution in [-0.4, -0.2) is 82.6 Å². The van der Waals surface area contributed by atoms with E-state index in [4.69, 9.17) is 14.2 Å². The van der Waals surface area contributed by atoms with Crippen molar-refractivity contribution in [3.05, 3.63) is 132 Å². The van der Waals surface area contributed by atoms with Crippen molar-refractivity contribution in [3.8, 4) is 5.69 Å². The summed E-state index contributed by atoms with van der Waals surface area (Å²) in [5.74, 6) is -0.203. The Balaban J connectivity index is 1.06. The number of H-pyrrole nitrogens is 1. The maximum absolute atomic E-state index is 15.3. The summed E-state index contributed by atoms with van der Waals surface area (Å²) in [6, 6.07) is 17.9. The monoisotopic (exact) mass is 861 g/mol. The summed E-state index contributed by atoms with van der Waals surface area (Å²) < 4.78 is 54.0. The summed E-state index contributed by atoms with van der Waals surface area (Å²) in [6.07, 6.45) is 3.88. The number of aromatic amines is 1. The summed E-state index contributed by atoms with van der Waals surface area (Å²) >= 11 is 0. The Labute approximate surface area is 357 Å². The Morgan fingerprint density at radius 2 is 1.66 bits per heavy atom. The lowest BCUT2D eigenvalue weighted by atomic mass is 9.91. The van der Waals surface area contributed by atoms with Crippen LogP contribution < -0.4 is 16.2 Å². The summed E-state index contributed by atoms with van der Waals surface area (Å²) in [4.78, 5) is 54.4. The number of nitrogens with zero attached hydrogens (tertiary/aromatic N) is 6. The lowest BCUT2D eigenvalue weighted by Gasteiger charge is -2.42. The molecule has 6 aromatic rings. The molecule has 3 aromatic carbocycles. The first-order valence-corrected chi connectivity index (χ1v) is 23.1. The minimum absolute atomic E-state index is 0.0238. The van der Waals surface area contributed by atoms with Gasteiger partial charge in [0.25, 0.3) is 11.5 Å². The maximum Gasteiger partial charge on any atom is 0.438 e. The molecule has 14 nitrogen and oxygen atoms in total. The van der Waals surface area contributed by atoms with E-state index in [9.17, 15) is 22.4 Å². The highest BCUT2D eigenvalue weighted by Crippen LogP contribution is 2.56. The highest BCUT2D eigenvalue weighted by atomic mass is 32.2. The zero-order valence-corrected chi connectivity index (χ0v) is 36.1. The van der Waals surface area contributed by atoms with Gasteiger partial charge in [-0.05, 0) is 123 Å². The Morgan fingerprint density at radius 3 is 2.32 bits per heavy atom. The van der Waals surface area contributed by atoms with Gasteiger partial charge in [-0.2, -0.15) is 0 Å². The molecule has 3 aliphatic heterocycles. The molecule has 62 heavy (non-hydrogen) atoms. The molecule has 1 aliphatic carbocycles. The molecule has 4 aliphatic rings. The third kappa shape index (κ3) is 6.43. The van der Waals surface area contributed by atoms with Gasteiger partial charge in [0, 0.05) is 61.5 Å². The first-order valence-electron chi connectivity index (χ1n) is 21.2. The quantitative estimate of drug-likeness (QED) is 0.190. The minimum Gasteiger partial charge on any atom is -0.381 e. The van der Waals surface area contributed by atoms with E-state index >= 15 is 4.79 Å². The van der Waals surface area contributed by atoms with Gasteiger partial charge in [0.1, 0.15) is 17.1 Å².